The molecule has 2 aromatic heterocycles. The summed E-state index contributed by atoms with van der Waals surface area (Å²) in [6.45, 7) is 5.37. The van der Waals surface area contributed by atoms with Crippen LogP contribution in [0.4, 0.5) is 17.2 Å². The van der Waals surface area contributed by atoms with Crippen LogP contribution in [-0.2, 0) is 14.8 Å². The number of anilines is 3. The molecule has 0 spiro atoms. The van der Waals surface area contributed by atoms with E-state index in [0.29, 0.717) is 17.9 Å². The molecule has 2 N–H and O–H groups in total. The van der Waals surface area contributed by atoms with Gasteiger partial charge < -0.3 is 19.6 Å². The summed E-state index contributed by atoms with van der Waals surface area (Å²) >= 11 is 0.777. The van der Waals surface area contributed by atoms with Crippen LogP contribution in [0.1, 0.15) is 36.5 Å². The van der Waals surface area contributed by atoms with Crippen molar-refractivity contribution in [3.05, 3.63) is 67.0 Å². The van der Waals surface area contributed by atoms with E-state index in [1.165, 1.54) is 18.5 Å². The van der Waals surface area contributed by atoms with Gasteiger partial charge in [-0.1, -0.05) is 12.1 Å². The molecule has 11 nitrogen and oxygen atoms in total. The lowest BCUT2D eigenvalue weighted by molar-refractivity contribution is -0.113. The van der Waals surface area contributed by atoms with Gasteiger partial charge in [0.15, 0.2) is 10.4 Å². The standard InChI is InChI=1S/C21H22N4O7S2/c1-5-12(14-6-10(2)8-31-14)22-16-17(20(28)19(16)27)23-13-9-33-21(18(13)26)34(29,30)25(4)15-7-11(3)32-24-15/h6-9,12,21-23H,5H2,1-4H3/t12-,21?/m1/s1. The number of thioether (sulfide) groups is 1. The second kappa shape index (κ2) is 8.80. The second-order valence-corrected chi connectivity index (χ2v) is 11.2. The summed E-state index contributed by atoms with van der Waals surface area (Å²) in [6.07, 6.45) is 2.15. The van der Waals surface area contributed by atoms with Crippen LogP contribution in [0.15, 0.2) is 48.0 Å². The molecular weight excluding hydrogens is 484 g/mol. The molecule has 3 heterocycles. The maximum Gasteiger partial charge on any atom is 0.256 e. The maximum atomic E-state index is 13.0. The predicted molar refractivity (Wildman–Crippen MR) is 128 cm³/mol. The maximum absolute atomic E-state index is 13.0. The van der Waals surface area contributed by atoms with Gasteiger partial charge in [-0.15, -0.1) is 11.8 Å². The molecule has 0 fully saturated rings. The third kappa shape index (κ3) is 4.05. The number of carbonyl (C=O) groups is 1. The number of Topliss-reactive ketones (excluding diaryl/α,β-unsaturated/α-hetero) is 1. The molecule has 0 saturated heterocycles. The molecule has 1 aliphatic heterocycles. The van der Waals surface area contributed by atoms with Gasteiger partial charge >= 0.3 is 0 Å². The van der Waals surface area contributed by atoms with Gasteiger partial charge in [0.25, 0.3) is 20.9 Å². The third-order valence-electron chi connectivity index (χ3n) is 5.37. The molecule has 1 unspecified atom stereocenters. The van der Waals surface area contributed by atoms with E-state index in [1.54, 1.807) is 13.2 Å². The normalized spacial score (nSPS) is 17.1. The van der Waals surface area contributed by atoms with Crippen molar-refractivity contribution >= 4 is 44.8 Å². The lowest BCUT2D eigenvalue weighted by Gasteiger charge is -2.21. The number of nitrogens with zero attached hydrogens (tertiary/aromatic N) is 2. The topological polar surface area (TPSA) is 152 Å². The van der Waals surface area contributed by atoms with Crippen LogP contribution in [0.25, 0.3) is 0 Å². The number of hydrogen-bond donors (Lipinski definition) is 2. The number of aromatic nitrogens is 1. The molecule has 0 aliphatic carbocycles. The van der Waals surface area contributed by atoms with E-state index < -0.39 is 31.2 Å². The summed E-state index contributed by atoms with van der Waals surface area (Å²) in [6, 6.07) is 2.88. The highest BCUT2D eigenvalue weighted by atomic mass is 32.3. The Hall–Kier alpha value is -3.32. The summed E-state index contributed by atoms with van der Waals surface area (Å²) in [5.41, 5.74) is -0.784. The second-order valence-electron chi connectivity index (χ2n) is 7.84. The monoisotopic (exact) mass is 506 g/mol. The average Bonchev–Trinajstić information content (AvgIpc) is 3.53. The third-order valence-corrected chi connectivity index (χ3v) is 8.97. The number of sulfonamides is 1. The highest BCUT2D eigenvalue weighted by Gasteiger charge is 2.43. The van der Waals surface area contributed by atoms with Crippen molar-refractivity contribution in [1.29, 1.82) is 0 Å². The van der Waals surface area contributed by atoms with Crippen molar-refractivity contribution in [2.24, 2.45) is 0 Å². The summed E-state index contributed by atoms with van der Waals surface area (Å²) in [5, 5.41) is 10.6. The van der Waals surface area contributed by atoms with E-state index in [4.69, 9.17) is 8.94 Å². The Morgan fingerprint density at radius 2 is 1.88 bits per heavy atom. The SMILES string of the molecule is CC[C@@H](Nc1c(NC2=CSC(S(=O)(=O)N(C)c3cc(C)on3)C2=O)c(=O)c1=O)c1cc(C)co1. The smallest absolute Gasteiger partial charge is 0.256 e. The van der Waals surface area contributed by atoms with Crippen molar-refractivity contribution in [2.45, 2.75) is 37.8 Å². The lowest BCUT2D eigenvalue weighted by atomic mass is 10.1. The number of carbonyl (C=O) groups excluding carboxylic acids is 1. The largest absolute Gasteiger partial charge is 0.467 e. The molecule has 4 rings (SSSR count). The number of hydrogen-bond acceptors (Lipinski definition) is 11. The first-order valence-electron chi connectivity index (χ1n) is 10.3. The van der Waals surface area contributed by atoms with E-state index in [0.717, 1.165) is 21.6 Å². The van der Waals surface area contributed by atoms with Crippen LogP contribution in [0.3, 0.4) is 0 Å². The van der Waals surface area contributed by atoms with Crippen LogP contribution < -0.4 is 25.8 Å². The van der Waals surface area contributed by atoms with Crippen LogP contribution in [0.5, 0.6) is 0 Å². The van der Waals surface area contributed by atoms with Gasteiger partial charge in [-0.25, -0.2) is 8.42 Å². The Kier molecular flexibility index (Phi) is 6.16. The van der Waals surface area contributed by atoms with Crippen LogP contribution in [0, 0.1) is 13.8 Å². The van der Waals surface area contributed by atoms with Crippen molar-refractivity contribution in [3.63, 3.8) is 0 Å². The van der Waals surface area contributed by atoms with Gasteiger partial charge in [-0.3, -0.25) is 18.7 Å². The first-order chi connectivity index (χ1) is 16.0. The van der Waals surface area contributed by atoms with E-state index in [2.05, 4.69) is 15.8 Å². The summed E-state index contributed by atoms with van der Waals surface area (Å²) < 4.78 is 35.8. The molecular formula is C21H22N4O7S2. The Bertz CT molecular complexity index is 1460. The Morgan fingerprint density at radius 1 is 1.18 bits per heavy atom. The molecule has 13 heteroatoms. The van der Waals surface area contributed by atoms with Gasteiger partial charge in [0.05, 0.1) is 18.0 Å². The minimum atomic E-state index is -4.14. The zero-order valence-electron chi connectivity index (χ0n) is 18.7. The summed E-state index contributed by atoms with van der Waals surface area (Å²) in [7, 11) is -2.87. The highest BCUT2D eigenvalue weighted by Crippen LogP contribution is 2.35. The van der Waals surface area contributed by atoms with Crippen LogP contribution in [0.2, 0.25) is 0 Å². The fourth-order valence-corrected chi connectivity index (χ4v) is 6.25. The molecule has 0 bridgehead atoms. The lowest BCUT2D eigenvalue weighted by Crippen LogP contribution is -2.40. The number of aryl methyl sites for hydroxylation is 2. The fraction of sp³-hybridized carbons (Fsp3) is 0.333. The molecule has 0 radical (unpaired) electrons. The zero-order chi connectivity index (χ0) is 24.8. The first kappa shape index (κ1) is 23.8. The number of rotatable bonds is 9. The number of furan rings is 1. The minimum absolute atomic E-state index is 0.0195. The van der Waals surface area contributed by atoms with Gasteiger partial charge in [0.1, 0.15) is 22.9 Å². The molecule has 180 valence electrons. The van der Waals surface area contributed by atoms with Gasteiger partial charge in [0.2, 0.25) is 5.78 Å². The Morgan fingerprint density at radius 3 is 2.47 bits per heavy atom. The summed E-state index contributed by atoms with van der Waals surface area (Å²) in [4.78, 5) is 37.4. The van der Waals surface area contributed by atoms with Gasteiger partial charge in [-0.2, -0.15) is 0 Å². The minimum Gasteiger partial charge on any atom is -0.467 e. The Labute approximate surface area is 198 Å². The van der Waals surface area contributed by atoms with Gasteiger partial charge in [-0.05, 0) is 37.3 Å². The fourth-order valence-electron chi connectivity index (χ4n) is 3.42. The quantitative estimate of drug-likeness (QED) is 0.412. The summed E-state index contributed by atoms with van der Waals surface area (Å²) in [5.74, 6) is 0.311. The molecule has 34 heavy (non-hydrogen) atoms. The average molecular weight is 507 g/mol. The zero-order valence-corrected chi connectivity index (χ0v) is 20.4. The van der Waals surface area contributed by atoms with Crippen LogP contribution >= 0.6 is 11.8 Å². The van der Waals surface area contributed by atoms with Crippen molar-refractivity contribution in [2.75, 3.05) is 22.0 Å². The number of ketones is 1. The highest BCUT2D eigenvalue weighted by molar-refractivity contribution is 8.17. The Balaban J connectivity index is 1.51. The van der Waals surface area contributed by atoms with Gasteiger partial charge in [0, 0.05) is 13.1 Å². The van der Waals surface area contributed by atoms with E-state index in [9.17, 15) is 22.8 Å². The molecule has 1 aliphatic rings. The molecule has 3 aromatic rings. The van der Waals surface area contributed by atoms with Crippen molar-refractivity contribution in [3.8, 4) is 0 Å². The van der Waals surface area contributed by atoms with E-state index in [-0.39, 0.29) is 28.9 Å². The van der Waals surface area contributed by atoms with Crippen LogP contribution in [-0.4, -0.2) is 31.0 Å². The van der Waals surface area contributed by atoms with Crippen molar-refractivity contribution in [1.82, 2.24) is 5.16 Å². The van der Waals surface area contributed by atoms with Crippen molar-refractivity contribution < 1.29 is 22.2 Å². The molecule has 2 atom stereocenters. The molecule has 0 saturated carbocycles. The van der Waals surface area contributed by atoms with E-state index in [1.807, 2.05) is 19.9 Å². The van der Waals surface area contributed by atoms with E-state index >= 15 is 0 Å². The first-order valence-corrected chi connectivity index (χ1v) is 12.7. The molecule has 1 aromatic carbocycles. The number of nitrogens with one attached hydrogen (secondary N) is 2. The number of allylic oxidation sites excluding steroid dienone is 1. The molecule has 0 amide bonds. The predicted octanol–water partition coefficient (Wildman–Crippen LogP) is 2.41.